The molecule has 2 heterocycles. The summed E-state index contributed by atoms with van der Waals surface area (Å²) >= 11 is 0. The van der Waals surface area contributed by atoms with Crippen molar-refractivity contribution in [1.29, 1.82) is 0 Å². The summed E-state index contributed by atoms with van der Waals surface area (Å²) in [5, 5.41) is 3.23. The summed E-state index contributed by atoms with van der Waals surface area (Å²) in [6.07, 6.45) is 4.17. The summed E-state index contributed by atoms with van der Waals surface area (Å²) in [4.78, 5) is 4.22. The lowest BCUT2D eigenvalue weighted by Gasteiger charge is -1.96. The highest BCUT2D eigenvalue weighted by atomic mass is 16.4. The minimum absolute atomic E-state index is 0.703. The van der Waals surface area contributed by atoms with Gasteiger partial charge < -0.3 is 14.2 Å². The quantitative estimate of drug-likeness (QED) is 0.786. The Morgan fingerprint density at radius 3 is 3.00 bits per heavy atom. The molecule has 0 unspecified atom stereocenters. The van der Waals surface area contributed by atoms with Gasteiger partial charge in [0, 0.05) is 13.0 Å². The fourth-order valence-electron chi connectivity index (χ4n) is 1.53. The molecule has 0 aliphatic carbocycles. The third-order valence-corrected chi connectivity index (χ3v) is 2.41. The standard InChI is InChI=1S/C12H16N2O2/c1-3-13-6-4-11-14-8-10(16-11)12-9(2)5-7-15-12/h5,7-8,13H,3-4,6H2,1-2H3. The Kier molecular flexibility index (Phi) is 3.41. The van der Waals surface area contributed by atoms with Crippen molar-refractivity contribution in [2.75, 3.05) is 13.1 Å². The molecule has 0 aromatic carbocycles. The molecule has 2 aromatic heterocycles. The SMILES string of the molecule is CCNCCc1ncc(-c2occc2C)o1. The summed E-state index contributed by atoms with van der Waals surface area (Å²) in [6.45, 7) is 5.91. The predicted molar refractivity (Wildman–Crippen MR) is 61.2 cm³/mol. The lowest BCUT2D eigenvalue weighted by Crippen LogP contribution is -2.16. The molecule has 0 bridgehead atoms. The number of nitrogens with one attached hydrogen (secondary N) is 1. The van der Waals surface area contributed by atoms with Crippen molar-refractivity contribution in [3.63, 3.8) is 0 Å². The van der Waals surface area contributed by atoms with Crippen LogP contribution in [-0.4, -0.2) is 18.1 Å². The van der Waals surface area contributed by atoms with E-state index in [1.807, 2.05) is 13.0 Å². The topological polar surface area (TPSA) is 51.2 Å². The lowest BCUT2D eigenvalue weighted by atomic mass is 10.2. The van der Waals surface area contributed by atoms with Crippen LogP contribution in [0.1, 0.15) is 18.4 Å². The number of rotatable bonds is 5. The van der Waals surface area contributed by atoms with Crippen molar-refractivity contribution in [1.82, 2.24) is 10.3 Å². The number of oxazole rings is 1. The first-order chi connectivity index (χ1) is 7.81. The minimum Gasteiger partial charge on any atom is -0.461 e. The van der Waals surface area contributed by atoms with Crippen molar-refractivity contribution in [2.24, 2.45) is 0 Å². The van der Waals surface area contributed by atoms with Gasteiger partial charge in [0.25, 0.3) is 0 Å². The zero-order valence-electron chi connectivity index (χ0n) is 9.62. The monoisotopic (exact) mass is 220 g/mol. The Morgan fingerprint density at radius 2 is 2.31 bits per heavy atom. The molecule has 0 spiro atoms. The summed E-state index contributed by atoms with van der Waals surface area (Å²) in [7, 11) is 0. The number of aromatic nitrogens is 1. The van der Waals surface area contributed by atoms with Crippen LogP contribution in [0.5, 0.6) is 0 Å². The Hall–Kier alpha value is -1.55. The molecule has 0 amide bonds. The predicted octanol–water partition coefficient (Wildman–Crippen LogP) is 2.40. The second-order valence-electron chi connectivity index (χ2n) is 3.65. The smallest absolute Gasteiger partial charge is 0.196 e. The molecule has 1 N–H and O–H groups in total. The Labute approximate surface area is 94.7 Å². The molecule has 2 aromatic rings. The highest BCUT2D eigenvalue weighted by Gasteiger charge is 2.11. The molecule has 0 atom stereocenters. The van der Waals surface area contributed by atoms with E-state index in [0.717, 1.165) is 36.7 Å². The lowest BCUT2D eigenvalue weighted by molar-refractivity contribution is 0.475. The molecule has 16 heavy (non-hydrogen) atoms. The minimum atomic E-state index is 0.703. The summed E-state index contributed by atoms with van der Waals surface area (Å²) < 4.78 is 11.0. The van der Waals surface area contributed by atoms with Crippen LogP contribution in [0.4, 0.5) is 0 Å². The van der Waals surface area contributed by atoms with E-state index in [-0.39, 0.29) is 0 Å². The van der Waals surface area contributed by atoms with Gasteiger partial charge in [0.05, 0.1) is 12.5 Å². The van der Waals surface area contributed by atoms with Crippen molar-refractivity contribution < 1.29 is 8.83 Å². The van der Waals surface area contributed by atoms with Crippen LogP contribution in [0.15, 0.2) is 27.4 Å². The molecule has 0 saturated carbocycles. The van der Waals surface area contributed by atoms with Crippen LogP contribution in [0.25, 0.3) is 11.5 Å². The molecule has 4 heteroatoms. The van der Waals surface area contributed by atoms with Crippen molar-refractivity contribution in [3.05, 3.63) is 30.0 Å². The van der Waals surface area contributed by atoms with Crippen LogP contribution in [0.2, 0.25) is 0 Å². The molecular weight excluding hydrogens is 204 g/mol. The van der Waals surface area contributed by atoms with E-state index in [4.69, 9.17) is 8.83 Å². The molecule has 0 aliphatic rings. The first-order valence-corrected chi connectivity index (χ1v) is 5.51. The van der Waals surface area contributed by atoms with Gasteiger partial charge >= 0.3 is 0 Å². The summed E-state index contributed by atoms with van der Waals surface area (Å²) in [5.41, 5.74) is 1.06. The van der Waals surface area contributed by atoms with Crippen LogP contribution in [0.3, 0.4) is 0 Å². The molecule has 0 radical (unpaired) electrons. The van der Waals surface area contributed by atoms with Gasteiger partial charge in [0.15, 0.2) is 17.4 Å². The molecular formula is C12H16N2O2. The average Bonchev–Trinajstić information content (AvgIpc) is 2.87. The van der Waals surface area contributed by atoms with Crippen LogP contribution in [-0.2, 0) is 6.42 Å². The van der Waals surface area contributed by atoms with E-state index in [1.165, 1.54) is 0 Å². The second kappa shape index (κ2) is 4.99. The van der Waals surface area contributed by atoms with E-state index in [1.54, 1.807) is 12.5 Å². The first kappa shape index (κ1) is 11.0. The fourth-order valence-corrected chi connectivity index (χ4v) is 1.53. The largest absolute Gasteiger partial charge is 0.461 e. The van der Waals surface area contributed by atoms with Gasteiger partial charge in [0.1, 0.15) is 0 Å². The van der Waals surface area contributed by atoms with Crippen molar-refractivity contribution >= 4 is 0 Å². The van der Waals surface area contributed by atoms with Crippen molar-refractivity contribution in [3.8, 4) is 11.5 Å². The number of aryl methyl sites for hydroxylation is 1. The molecule has 86 valence electrons. The number of nitrogens with zero attached hydrogens (tertiary/aromatic N) is 1. The van der Waals surface area contributed by atoms with Gasteiger partial charge in [-0.05, 0) is 25.1 Å². The number of hydrogen-bond acceptors (Lipinski definition) is 4. The number of likely N-dealkylation sites (N-methyl/N-ethyl adjacent to an activating group) is 1. The molecule has 0 saturated heterocycles. The van der Waals surface area contributed by atoms with E-state index in [2.05, 4.69) is 17.2 Å². The fraction of sp³-hybridized carbons (Fsp3) is 0.417. The van der Waals surface area contributed by atoms with Gasteiger partial charge in [-0.1, -0.05) is 6.92 Å². The highest BCUT2D eigenvalue weighted by Crippen LogP contribution is 2.24. The van der Waals surface area contributed by atoms with E-state index < -0.39 is 0 Å². The maximum atomic E-state index is 5.61. The average molecular weight is 220 g/mol. The van der Waals surface area contributed by atoms with Gasteiger partial charge in [-0.3, -0.25) is 0 Å². The Balaban J connectivity index is 2.05. The normalized spacial score (nSPS) is 10.9. The van der Waals surface area contributed by atoms with E-state index in [9.17, 15) is 0 Å². The highest BCUT2D eigenvalue weighted by molar-refractivity contribution is 5.53. The van der Waals surface area contributed by atoms with Crippen LogP contribution < -0.4 is 5.32 Å². The van der Waals surface area contributed by atoms with Gasteiger partial charge in [-0.15, -0.1) is 0 Å². The van der Waals surface area contributed by atoms with Crippen LogP contribution in [0, 0.1) is 6.92 Å². The maximum Gasteiger partial charge on any atom is 0.196 e. The zero-order valence-corrected chi connectivity index (χ0v) is 9.62. The molecule has 4 nitrogen and oxygen atoms in total. The molecule has 0 fully saturated rings. The zero-order chi connectivity index (χ0) is 11.4. The Morgan fingerprint density at radius 1 is 1.44 bits per heavy atom. The van der Waals surface area contributed by atoms with E-state index >= 15 is 0 Å². The van der Waals surface area contributed by atoms with Gasteiger partial charge in [-0.25, -0.2) is 4.98 Å². The Bertz CT molecular complexity index is 445. The number of furan rings is 1. The number of hydrogen-bond donors (Lipinski definition) is 1. The molecule has 2 rings (SSSR count). The van der Waals surface area contributed by atoms with Crippen molar-refractivity contribution in [2.45, 2.75) is 20.3 Å². The molecule has 0 aliphatic heterocycles. The third kappa shape index (κ3) is 2.33. The van der Waals surface area contributed by atoms with E-state index in [0.29, 0.717) is 5.76 Å². The summed E-state index contributed by atoms with van der Waals surface area (Å²) in [6, 6.07) is 1.91. The second-order valence-corrected chi connectivity index (χ2v) is 3.65. The van der Waals surface area contributed by atoms with Gasteiger partial charge in [-0.2, -0.15) is 0 Å². The van der Waals surface area contributed by atoms with Gasteiger partial charge in [0.2, 0.25) is 0 Å². The van der Waals surface area contributed by atoms with Crippen LogP contribution >= 0.6 is 0 Å². The maximum absolute atomic E-state index is 5.61. The first-order valence-electron chi connectivity index (χ1n) is 5.51. The summed E-state index contributed by atoms with van der Waals surface area (Å²) in [5.74, 6) is 2.21. The third-order valence-electron chi connectivity index (χ3n) is 2.41.